The molecule has 0 aliphatic carbocycles. The summed E-state index contributed by atoms with van der Waals surface area (Å²) in [5.41, 5.74) is 0. The van der Waals surface area contributed by atoms with E-state index in [1.807, 2.05) is 14.1 Å². The number of likely N-dealkylation sites (N-methyl/N-ethyl adjacent to an activating group) is 1. The molecule has 0 aliphatic rings. The van der Waals surface area contributed by atoms with E-state index in [0.717, 1.165) is 6.54 Å². The Labute approximate surface area is 109 Å². The summed E-state index contributed by atoms with van der Waals surface area (Å²) in [6.45, 7) is 5.31. The van der Waals surface area contributed by atoms with Gasteiger partial charge in [0.15, 0.2) is 0 Å². The molecule has 18 heavy (non-hydrogen) atoms. The normalized spacial score (nSPS) is 12.7. The number of nitrogens with zero attached hydrogens (tertiary/aromatic N) is 1. The molecule has 0 fully saturated rings. The highest BCUT2D eigenvalue weighted by molar-refractivity contribution is 5.69. The Morgan fingerprint density at radius 1 is 1.39 bits per heavy atom. The van der Waals surface area contributed by atoms with Crippen LogP contribution in [0.5, 0.6) is 0 Å². The molecule has 6 nitrogen and oxygen atoms in total. The smallest absolute Gasteiger partial charge is 0.308 e. The minimum absolute atomic E-state index is 0.0301. The monoisotopic (exact) mass is 262 g/mol. The number of nitrogens with one attached hydrogen (secondary N) is 1. The number of hydrogen-bond donors (Lipinski definition) is 2. The number of carbonyl (C=O) groups excluding carboxylic acids is 1. The summed E-state index contributed by atoms with van der Waals surface area (Å²) in [4.78, 5) is 13.1. The average Bonchev–Trinajstić information content (AvgIpc) is 2.27. The molecule has 6 heteroatoms. The van der Waals surface area contributed by atoms with Gasteiger partial charge < -0.3 is 24.8 Å². The SMILES string of the molecule is CCOC(=O)CC(O)CNCCOCCN(C)C. The van der Waals surface area contributed by atoms with Gasteiger partial charge in [0.1, 0.15) is 0 Å². The van der Waals surface area contributed by atoms with Crippen LogP contribution in [0.25, 0.3) is 0 Å². The van der Waals surface area contributed by atoms with E-state index in [4.69, 9.17) is 9.47 Å². The first-order valence-electron chi connectivity index (χ1n) is 6.33. The average molecular weight is 262 g/mol. The second-order valence-corrected chi connectivity index (χ2v) is 4.28. The highest BCUT2D eigenvalue weighted by Crippen LogP contribution is 1.93. The quantitative estimate of drug-likeness (QED) is 0.385. The largest absolute Gasteiger partial charge is 0.466 e. The molecule has 108 valence electrons. The van der Waals surface area contributed by atoms with E-state index in [0.29, 0.717) is 32.9 Å². The molecule has 0 spiro atoms. The van der Waals surface area contributed by atoms with Gasteiger partial charge in [-0.2, -0.15) is 0 Å². The molecule has 0 radical (unpaired) electrons. The first-order chi connectivity index (χ1) is 8.56. The predicted octanol–water partition coefficient (Wildman–Crippen LogP) is -0.532. The van der Waals surface area contributed by atoms with Gasteiger partial charge >= 0.3 is 5.97 Å². The molecule has 0 bridgehead atoms. The van der Waals surface area contributed by atoms with E-state index in [-0.39, 0.29) is 12.4 Å². The van der Waals surface area contributed by atoms with Gasteiger partial charge in [0.25, 0.3) is 0 Å². The van der Waals surface area contributed by atoms with Crippen molar-refractivity contribution in [3.05, 3.63) is 0 Å². The van der Waals surface area contributed by atoms with Gasteiger partial charge in [-0.15, -0.1) is 0 Å². The van der Waals surface area contributed by atoms with Crippen molar-refractivity contribution in [3.63, 3.8) is 0 Å². The molecule has 0 aliphatic heterocycles. The van der Waals surface area contributed by atoms with Gasteiger partial charge in [-0.05, 0) is 21.0 Å². The van der Waals surface area contributed by atoms with Crippen LogP contribution in [0.15, 0.2) is 0 Å². The molecule has 0 aromatic rings. The van der Waals surface area contributed by atoms with E-state index < -0.39 is 6.10 Å². The molecule has 1 unspecified atom stereocenters. The van der Waals surface area contributed by atoms with Gasteiger partial charge in [-0.1, -0.05) is 0 Å². The van der Waals surface area contributed by atoms with E-state index in [9.17, 15) is 9.90 Å². The van der Waals surface area contributed by atoms with E-state index in [1.54, 1.807) is 6.92 Å². The topological polar surface area (TPSA) is 71.0 Å². The van der Waals surface area contributed by atoms with Crippen LogP contribution in [0.2, 0.25) is 0 Å². The van der Waals surface area contributed by atoms with Crippen molar-refractivity contribution < 1.29 is 19.4 Å². The Morgan fingerprint density at radius 3 is 2.72 bits per heavy atom. The van der Waals surface area contributed by atoms with Gasteiger partial charge in [0, 0.05) is 19.6 Å². The first-order valence-corrected chi connectivity index (χ1v) is 6.33. The molecule has 0 aromatic heterocycles. The second-order valence-electron chi connectivity index (χ2n) is 4.28. The minimum Gasteiger partial charge on any atom is -0.466 e. The Hall–Kier alpha value is -0.690. The third kappa shape index (κ3) is 11.8. The zero-order valence-corrected chi connectivity index (χ0v) is 11.6. The summed E-state index contributed by atoms with van der Waals surface area (Å²) >= 11 is 0. The van der Waals surface area contributed by atoms with Crippen LogP contribution in [0.4, 0.5) is 0 Å². The lowest BCUT2D eigenvalue weighted by Crippen LogP contribution is -2.31. The van der Waals surface area contributed by atoms with Crippen LogP contribution >= 0.6 is 0 Å². The van der Waals surface area contributed by atoms with Crippen molar-refractivity contribution in [2.24, 2.45) is 0 Å². The fourth-order valence-electron chi connectivity index (χ4n) is 1.25. The van der Waals surface area contributed by atoms with Crippen molar-refractivity contribution in [2.45, 2.75) is 19.4 Å². The van der Waals surface area contributed by atoms with E-state index >= 15 is 0 Å². The maximum absolute atomic E-state index is 11.1. The summed E-state index contributed by atoms with van der Waals surface area (Å²) in [5.74, 6) is -0.367. The number of aliphatic hydroxyl groups is 1. The Bertz CT molecular complexity index is 212. The van der Waals surface area contributed by atoms with Crippen LogP contribution in [0.3, 0.4) is 0 Å². The number of ether oxygens (including phenoxy) is 2. The van der Waals surface area contributed by atoms with Crippen LogP contribution < -0.4 is 5.32 Å². The van der Waals surface area contributed by atoms with Crippen molar-refractivity contribution >= 4 is 5.97 Å². The maximum atomic E-state index is 11.1. The molecule has 0 heterocycles. The lowest BCUT2D eigenvalue weighted by atomic mass is 10.2. The molecular weight excluding hydrogens is 236 g/mol. The molecule has 0 rings (SSSR count). The van der Waals surface area contributed by atoms with Gasteiger partial charge in [-0.25, -0.2) is 0 Å². The molecule has 0 amide bonds. The molecule has 0 aromatic carbocycles. The summed E-state index contributed by atoms with van der Waals surface area (Å²) in [6, 6.07) is 0. The van der Waals surface area contributed by atoms with Crippen molar-refractivity contribution in [1.29, 1.82) is 0 Å². The summed E-state index contributed by atoms with van der Waals surface area (Å²) in [6.07, 6.45) is -0.673. The van der Waals surface area contributed by atoms with Crippen LogP contribution in [-0.2, 0) is 14.3 Å². The predicted molar refractivity (Wildman–Crippen MR) is 69.5 cm³/mol. The zero-order valence-electron chi connectivity index (χ0n) is 11.6. The first kappa shape index (κ1) is 17.3. The Balaban J connectivity index is 3.30. The van der Waals surface area contributed by atoms with E-state index in [1.165, 1.54) is 0 Å². The number of carbonyl (C=O) groups is 1. The van der Waals surface area contributed by atoms with Crippen molar-refractivity contribution in [1.82, 2.24) is 10.2 Å². The fourth-order valence-corrected chi connectivity index (χ4v) is 1.25. The summed E-state index contributed by atoms with van der Waals surface area (Å²) in [7, 11) is 3.99. The Kier molecular flexibility index (Phi) is 11.0. The molecule has 0 saturated carbocycles. The summed E-state index contributed by atoms with van der Waals surface area (Å²) < 4.78 is 10.1. The zero-order chi connectivity index (χ0) is 13.8. The van der Waals surface area contributed by atoms with Gasteiger partial charge in [-0.3, -0.25) is 4.79 Å². The molecular formula is C12H26N2O4. The number of hydrogen-bond acceptors (Lipinski definition) is 6. The highest BCUT2D eigenvalue weighted by Gasteiger charge is 2.10. The number of rotatable bonds is 11. The molecule has 1 atom stereocenters. The lowest BCUT2D eigenvalue weighted by Gasteiger charge is -2.12. The Morgan fingerprint density at radius 2 is 2.11 bits per heavy atom. The van der Waals surface area contributed by atoms with Crippen LogP contribution in [-0.4, -0.2) is 75.6 Å². The van der Waals surface area contributed by atoms with Crippen LogP contribution in [0, 0.1) is 0 Å². The van der Waals surface area contributed by atoms with Crippen LogP contribution in [0.1, 0.15) is 13.3 Å². The highest BCUT2D eigenvalue weighted by atomic mass is 16.5. The van der Waals surface area contributed by atoms with Gasteiger partial charge in [0.2, 0.25) is 0 Å². The number of aliphatic hydroxyl groups excluding tert-OH is 1. The molecule has 0 saturated heterocycles. The third-order valence-corrected chi connectivity index (χ3v) is 2.19. The number of esters is 1. The van der Waals surface area contributed by atoms with Gasteiger partial charge in [0.05, 0.1) is 32.3 Å². The minimum atomic E-state index is -0.703. The third-order valence-electron chi connectivity index (χ3n) is 2.19. The standard InChI is InChI=1S/C12H26N2O4/c1-4-18-12(16)9-11(15)10-13-5-7-17-8-6-14(2)3/h11,13,15H,4-10H2,1-3H3. The summed E-state index contributed by atoms with van der Waals surface area (Å²) in [5, 5.41) is 12.5. The van der Waals surface area contributed by atoms with E-state index in [2.05, 4.69) is 10.2 Å². The van der Waals surface area contributed by atoms with Crippen molar-refractivity contribution in [2.75, 3.05) is 53.6 Å². The maximum Gasteiger partial charge on any atom is 0.308 e. The fraction of sp³-hybridized carbons (Fsp3) is 0.917. The van der Waals surface area contributed by atoms with Crippen molar-refractivity contribution in [3.8, 4) is 0 Å². The second kappa shape index (κ2) is 11.4. The molecule has 2 N–H and O–H groups in total. The lowest BCUT2D eigenvalue weighted by molar-refractivity contribution is -0.145.